The van der Waals surface area contributed by atoms with Gasteiger partial charge >= 0.3 is 0 Å². The Morgan fingerprint density at radius 3 is 1.57 bits per heavy atom. The first-order valence-electron chi connectivity index (χ1n) is 3.29. The molecule has 1 saturated carbocycles. The molecule has 0 aromatic rings. The molecule has 0 nitrogen and oxygen atoms in total. The zero-order valence-corrected chi connectivity index (χ0v) is 5.28. The van der Waals surface area contributed by atoms with E-state index in [-0.39, 0.29) is 0 Å². The first kappa shape index (κ1) is 5.14. The van der Waals surface area contributed by atoms with Crippen LogP contribution in [0.4, 0.5) is 0 Å². The Kier molecular flexibility index (Phi) is 1.36. The van der Waals surface area contributed by atoms with Gasteiger partial charge in [-0.15, -0.1) is 0 Å². The van der Waals surface area contributed by atoms with Crippen LogP contribution in [0.2, 0.25) is 0 Å². The Balaban J connectivity index is 2.26. The van der Waals surface area contributed by atoms with E-state index in [9.17, 15) is 0 Å². The number of hydrogen-bond donors (Lipinski definition) is 0. The van der Waals surface area contributed by atoms with Crippen molar-refractivity contribution in [3.8, 4) is 0 Å². The van der Waals surface area contributed by atoms with Gasteiger partial charge in [0.05, 0.1) is 0 Å². The van der Waals surface area contributed by atoms with Crippen molar-refractivity contribution in [2.24, 2.45) is 11.8 Å². The van der Waals surface area contributed by atoms with Gasteiger partial charge in [0.2, 0.25) is 0 Å². The van der Waals surface area contributed by atoms with Crippen LogP contribution in [-0.2, 0) is 0 Å². The third kappa shape index (κ3) is 1.19. The minimum absolute atomic E-state index is 1.02. The highest BCUT2D eigenvalue weighted by molar-refractivity contribution is 4.68. The van der Waals surface area contributed by atoms with E-state index in [1.807, 2.05) is 0 Å². The third-order valence-corrected chi connectivity index (χ3v) is 1.96. The van der Waals surface area contributed by atoms with Gasteiger partial charge in [-0.25, -0.2) is 0 Å². The molecule has 1 aliphatic rings. The maximum absolute atomic E-state index is 2.35. The molecular weight excluding hydrogens is 84.1 g/mol. The normalized spacial score (nSPS) is 42.0. The molecule has 0 heteroatoms. The fraction of sp³-hybridized carbons (Fsp3) is 1.00. The summed E-state index contributed by atoms with van der Waals surface area (Å²) in [6, 6.07) is 0. The van der Waals surface area contributed by atoms with Crippen LogP contribution >= 0.6 is 0 Å². The molecule has 1 unspecified atom stereocenters. The summed E-state index contributed by atoms with van der Waals surface area (Å²) in [5.74, 6) is 2.05. The zero-order chi connectivity index (χ0) is 5.28. The van der Waals surface area contributed by atoms with E-state index in [1.54, 1.807) is 0 Å². The molecule has 0 aromatic heterocycles. The van der Waals surface area contributed by atoms with Crippen LogP contribution in [0.1, 0.15) is 33.1 Å². The summed E-state index contributed by atoms with van der Waals surface area (Å²) in [6.07, 6.45) is 4.42. The lowest BCUT2D eigenvalue weighted by molar-refractivity contribution is 0.555. The molecule has 1 fully saturated rings. The van der Waals surface area contributed by atoms with Gasteiger partial charge in [-0.2, -0.15) is 0 Å². The van der Waals surface area contributed by atoms with Gasteiger partial charge in [-0.3, -0.25) is 0 Å². The minimum atomic E-state index is 1.02. The third-order valence-electron chi connectivity index (χ3n) is 1.96. The summed E-state index contributed by atoms with van der Waals surface area (Å²) >= 11 is 0. The smallest absolute Gasteiger partial charge is 0.0440 e. The summed E-state index contributed by atoms with van der Waals surface area (Å²) in [5.41, 5.74) is 0. The van der Waals surface area contributed by atoms with E-state index in [0.29, 0.717) is 0 Å². The number of rotatable bonds is 0. The molecule has 0 radical (unpaired) electrons. The van der Waals surface area contributed by atoms with E-state index in [1.165, 1.54) is 19.3 Å². The largest absolute Gasteiger partial charge is 0.0625 e. The minimum Gasteiger partial charge on any atom is -0.0625 e. The molecule has 0 saturated heterocycles. The fourth-order valence-electron chi connectivity index (χ4n) is 1.49. The molecule has 0 bridgehead atoms. The molecule has 1 rings (SSSR count). The van der Waals surface area contributed by atoms with Gasteiger partial charge < -0.3 is 0 Å². The molecule has 1 aliphatic carbocycles. The maximum atomic E-state index is 2.35. The zero-order valence-electron chi connectivity index (χ0n) is 5.28. The molecule has 0 spiro atoms. The molecule has 0 heterocycles. The second kappa shape index (κ2) is 1.85. The van der Waals surface area contributed by atoms with Gasteiger partial charge in [-0.05, 0) is 18.3 Å². The van der Waals surface area contributed by atoms with Crippen molar-refractivity contribution in [2.75, 3.05) is 0 Å². The first-order valence-corrected chi connectivity index (χ1v) is 3.29. The highest BCUT2D eigenvalue weighted by Crippen LogP contribution is 2.29. The van der Waals surface area contributed by atoms with Crippen LogP contribution in [0.3, 0.4) is 0 Å². The van der Waals surface area contributed by atoms with Gasteiger partial charge in [0.15, 0.2) is 0 Å². The molecule has 2 atom stereocenters. The van der Waals surface area contributed by atoms with Gasteiger partial charge in [-0.1, -0.05) is 26.7 Å². The highest BCUT2D eigenvalue weighted by Gasteiger charge is 2.15. The van der Waals surface area contributed by atoms with E-state index in [4.69, 9.17) is 0 Å². The van der Waals surface area contributed by atoms with E-state index < -0.39 is 0 Å². The van der Waals surface area contributed by atoms with E-state index in [2.05, 4.69) is 13.8 Å². The van der Waals surface area contributed by atoms with Crippen LogP contribution in [0, 0.1) is 11.8 Å². The van der Waals surface area contributed by atoms with Crippen molar-refractivity contribution in [1.82, 2.24) is 0 Å². The van der Waals surface area contributed by atoms with Crippen LogP contribution in [0.15, 0.2) is 0 Å². The summed E-state index contributed by atoms with van der Waals surface area (Å²) in [4.78, 5) is 0. The quantitative estimate of drug-likeness (QED) is 0.436. The van der Waals surface area contributed by atoms with E-state index >= 15 is 0 Å². The molecule has 0 aliphatic heterocycles. The predicted molar refractivity (Wildman–Crippen MR) is 32.2 cm³/mol. The van der Waals surface area contributed by atoms with Gasteiger partial charge in [0, 0.05) is 0 Å². The Labute approximate surface area is 45.9 Å². The standard InChI is InChI=1S/C7H14/c1-6-3-4-7(2)5-6/h6-7H,3-5H2,1-2H3/t6-,7?/m0/s1. The van der Waals surface area contributed by atoms with Gasteiger partial charge in [0.1, 0.15) is 0 Å². The van der Waals surface area contributed by atoms with Crippen molar-refractivity contribution >= 4 is 0 Å². The average Bonchev–Trinajstić information content (AvgIpc) is 1.87. The lowest BCUT2D eigenvalue weighted by Crippen LogP contribution is -1.84. The highest BCUT2D eigenvalue weighted by atomic mass is 14.2. The molecule has 42 valence electrons. The Morgan fingerprint density at radius 1 is 1.00 bits per heavy atom. The Bertz CT molecular complexity index is 49.1. The second-order valence-corrected chi connectivity index (χ2v) is 3.02. The van der Waals surface area contributed by atoms with Crippen LogP contribution < -0.4 is 0 Å². The summed E-state index contributed by atoms with van der Waals surface area (Å²) in [7, 11) is 0. The maximum Gasteiger partial charge on any atom is -0.0440 e. The van der Waals surface area contributed by atoms with Crippen molar-refractivity contribution in [3.63, 3.8) is 0 Å². The van der Waals surface area contributed by atoms with Crippen molar-refractivity contribution in [1.29, 1.82) is 0 Å². The molecule has 0 amide bonds. The lowest BCUT2D eigenvalue weighted by Gasteiger charge is -1.96. The SMILES string of the molecule is CC1CC[C@H](C)C1. The van der Waals surface area contributed by atoms with Crippen molar-refractivity contribution in [2.45, 2.75) is 33.1 Å². The van der Waals surface area contributed by atoms with Crippen molar-refractivity contribution in [3.05, 3.63) is 0 Å². The monoisotopic (exact) mass is 98.1 g/mol. The molecule has 7 heavy (non-hydrogen) atoms. The second-order valence-electron chi connectivity index (χ2n) is 3.02. The van der Waals surface area contributed by atoms with Crippen molar-refractivity contribution < 1.29 is 0 Å². The topological polar surface area (TPSA) is 0 Å². The summed E-state index contributed by atoms with van der Waals surface area (Å²) < 4.78 is 0. The number of hydrogen-bond acceptors (Lipinski definition) is 0. The summed E-state index contributed by atoms with van der Waals surface area (Å²) in [6.45, 7) is 4.70. The Hall–Kier alpha value is 0. The summed E-state index contributed by atoms with van der Waals surface area (Å²) in [5, 5.41) is 0. The van der Waals surface area contributed by atoms with Crippen LogP contribution in [-0.4, -0.2) is 0 Å². The van der Waals surface area contributed by atoms with Gasteiger partial charge in [0.25, 0.3) is 0 Å². The van der Waals surface area contributed by atoms with Crippen LogP contribution in [0.25, 0.3) is 0 Å². The molecule has 0 aromatic carbocycles. The molecular formula is C7H14. The first-order chi connectivity index (χ1) is 3.29. The lowest BCUT2D eigenvalue weighted by atomic mass is 10.1. The fourth-order valence-corrected chi connectivity index (χ4v) is 1.49. The molecule has 0 N–H and O–H groups in total. The Morgan fingerprint density at radius 2 is 1.43 bits per heavy atom. The predicted octanol–water partition coefficient (Wildman–Crippen LogP) is 2.44. The van der Waals surface area contributed by atoms with Crippen LogP contribution in [0.5, 0.6) is 0 Å². The van der Waals surface area contributed by atoms with E-state index in [0.717, 1.165) is 11.8 Å². The average molecular weight is 98.2 g/mol.